The summed E-state index contributed by atoms with van der Waals surface area (Å²) in [5.41, 5.74) is 4.51. The number of amides is 1. The number of ether oxygens (including phenoxy) is 1. The number of halogens is 1. The third-order valence-corrected chi connectivity index (χ3v) is 6.54. The van der Waals surface area contributed by atoms with Crippen molar-refractivity contribution < 1.29 is 18.7 Å². The van der Waals surface area contributed by atoms with E-state index in [0.29, 0.717) is 23.0 Å². The van der Waals surface area contributed by atoms with Crippen molar-refractivity contribution in [2.45, 2.75) is 32.9 Å². The van der Waals surface area contributed by atoms with E-state index in [2.05, 4.69) is 16.9 Å². The van der Waals surface area contributed by atoms with Crippen LogP contribution in [0, 0.1) is 12.7 Å². The molecular formula is C27H26FN3O3S. The predicted octanol–water partition coefficient (Wildman–Crippen LogP) is 5.14. The fourth-order valence-electron chi connectivity index (χ4n) is 4.03. The zero-order valence-electron chi connectivity index (χ0n) is 19.6. The molecule has 2 aromatic carbocycles. The zero-order valence-corrected chi connectivity index (χ0v) is 20.4. The Morgan fingerprint density at radius 1 is 1.23 bits per heavy atom. The third-order valence-electron chi connectivity index (χ3n) is 5.66. The number of rotatable bonds is 8. The molecule has 1 N–H and O–H groups in total. The van der Waals surface area contributed by atoms with E-state index in [1.54, 1.807) is 19.1 Å². The van der Waals surface area contributed by atoms with Gasteiger partial charge >= 0.3 is 5.97 Å². The largest absolute Gasteiger partial charge is 0.458 e. The minimum Gasteiger partial charge on any atom is -0.458 e. The molecule has 2 aromatic rings. The fraction of sp³-hybridized carbons (Fsp3) is 0.222. The van der Waals surface area contributed by atoms with E-state index < -0.39 is 12.0 Å². The van der Waals surface area contributed by atoms with Gasteiger partial charge in [-0.05, 0) is 42.5 Å². The number of carbonyl (C=O) groups excluding carboxylic acids is 2. The molecule has 0 fully saturated rings. The molecule has 2 heterocycles. The second-order valence-electron chi connectivity index (χ2n) is 8.27. The summed E-state index contributed by atoms with van der Waals surface area (Å²) >= 11 is 1.42. The molecule has 0 bridgehead atoms. The Bertz CT molecular complexity index is 1250. The number of amidine groups is 1. The number of benzene rings is 2. The maximum Gasteiger partial charge on any atom is 0.338 e. The van der Waals surface area contributed by atoms with E-state index in [9.17, 15) is 14.0 Å². The minimum absolute atomic E-state index is 0.0932. The Hall–Kier alpha value is -3.65. The standard InChI is InChI=1S/C27H26FN3O3S/c1-4-12-34-26(33)24-18(3)30-27-31(25(24)20-7-5-6-17(2)13-20)22(16-35-27)14-23(32)29-15-19-8-10-21(28)11-9-19/h4-11,13,16,25H,1,12,14-15H2,2-3H3,(H,29,32). The van der Waals surface area contributed by atoms with Crippen LogP contribution in [0.2, 0.25) is 0 Å². The van der Waals surface area contributed by atoms with Crippen LogP contribution in [0.3, 0.4) is 0 Å². The third kappa shape index (κ3) is 5.54. The highest BCUT2D eigenvalue weighted by molar-refractivity contribution is 8.16. The quantitative estimate of drug-likeness (QED) is 0.409. The van der Waals surface area contributed by atoms with E-state index >= 15 is 0 Å². The number of hydrogen-bond donors (Lipinski definition) is 1. The van der Waals surface area contributed by atoms with Crippen molar-refractivity contribution in [1.29, 1.82) is 0 Å². The van der Waals surface area contributed by atoms with Crippen LogP contribution in [0.15, 0.2) is 88.6 Å². The Labute approximate surface area is 208 Å². The van der Waals surface area contributed by atoms with Crippen LogP contribution in [-0.2, 0) is 20.9 Å². The van der Waals surface area contributed by atoms with Crippen LogP contribution >= 0.6 is 11.8 Å². The van der Waals surface area contributed by atoms with Crippen molar-refractivity contribution in [2.75, 3.05) is 6.61 Å². The number of fused-ring (bicyclic) bond motifs is 1. The lowest BCUT2D eigenvalue weighted by Gasteiger charge is -2.36. The molecule has 0 saturated heterocycles. The highest BCUT2D eigenvalue weighted by atomic mass is 32.2. The second kappa shape index (κ2) is 10.7. The molecule has 2 aliphatic rings. The van der Waals surface area contributed by atoms with Gasteiger partial charge in [-0.15, -0.1) is 0 Å². The smallest absolute Gasteiger partial charge is 0.338 e. The first-order valence-electron chi connectivity index (χ1n) is 11.2. The number of aliphatic imine (C=N–C) groups is 1. The molecule has 1 unspecified atom stereocenters. The molecule has 180 valence electrons. The summed E-state index contributed by atoms with van der Waals surface area (Å²) in [6, 6.07) is 13.4. The molecule has 0 spiro atoms. The van der Waals surface area contributed by atoms with Gasteiger partial charge in [0.05, 0.1) is 23.7 Å². The van der Waals surface area contributed by atoms with Crippen LogP contribution < -0.4 is 5.32 Å². The summed E-state index contributed by atoms with van der Waals surface area (Å²) in [6.45, 7) is 7.79. The molecule has 4 rings (SSSR count). The topological polar surface area (TPSA) is 71.0 Å². The SMILES string of the molecule is C=CCOC(=O)C1=C(C)N=C2SC=C(CC(=O)NCc3ccc(F)cc3)N2C1c1cccc(C)c1. The van der Waals surface area contributed by atoms with Crippen molar-refractivity contribution in [3.8, 4) is 0 Å². The lowest BCUT2D eigenvalue weighted by atomic mass is 9.93. The highest BCUT2D eigenvalue weighted by Gasteiger charge is 2.41. The first-order valence-corrected chi connectivity index (χ1v) is 12.1. The lowest BCUT2D eigenvalue weighted by Crippen LogP contribution is -2.38. The highest BCUT2D eigenvalue weighted by Crippen LogP contribution is 2.44. The predicted molar refractivity (Wildman–Crippen MR) is 136 cm³/mol. The van der Waals surface area contributed by atoms with Gasteiger partial charge in [0.1, 0.15) is 12.4 Å². The van der Waals surface area contributed by atoms with Crippen molar-refractivity contribution in [3.05, 3.63) is 106 Å². The lowest BCUT2D eigenvalue weighted by molar-refractivity contribution is -0.138. The van der Waals surface area contributed by atoms with E-state index in [0.717, 1.165) is 22.4 Å². The fourth-order valence-corrected chi connectivity index (χ4v) is 4.99. The summed E-state index contributed by atoms with van der Waals surface area (Å²) in [7, 11) is 0. The summed E-state index contributed by atoms with van der Waals surface area (Å²) in [6.07, 6.45) is 1.62. The molecule has 1 amide bonds. The molecule has 0 saturated carbocycles. The zero-order chi connectivity index (χ0) is 24.9. The van der Waals surface area contributed by atoms with E-state index in [4.69, 9.17) is 4.74 Å². The molecule has 0 radical (unpaired) electrons. The van der Waals surface area contributed by atoms with Crippen molar-refractivity contribution in [2.24, 2.45) is 4.99 Å². The molecule has 1 atom stereocenters. The number of nitrogens with one attached hydrogen (secondary N) is 1. The Morgan fingerprint density at radius 3 is 2.71 bits per heavy atom. The molecule has 0 aliphatic carbocycles. The molecular weight excluding hydrogens is 465 g/mol. The molecule has 2 aliphatic heterocycles. The number of esters is 1. The molecule has 35 heavy (non-hydrogen) atoms. The van der Waals surface area contributed by atoms with E-state index in [1.807, 2.05) is 41.5 Å². The van der Waals surface area contributed by atoms with Crippen LogP contribution in [0.4, 0.5) is 4.39 Å². The summed E-state index contributed by atoms with van der Waals surface area (Å²) in [4.78, 5) is 32.5. The van der Waals surface area contributed by atoms with Gasteiger partial charge < -0.3 is 15.0 Å². The number of hydrogen-bond acceptors (Lipinski definition) is 6. The number of aryl methyl sites for hydroxylation is 1. The first-order chi connectivity index (χ1) is 16.9. The Morgan fingerprint density at radius 2 is 2.00 bits per heavy atom. The van der Waals surface area contributed by atoms with Gasteiger partial charge in [0.25, 0.3) is 0 Å². The average molecular weight is 492 g/mol. The normalized spacial score (nSPS) is 16.9. The van der Waals surface area contributed by atoms with Crippen LogP contribution in [0.25, 0.3) is 0 Å². The van der Waals surface area contributed by atoms with Gasteiger partial charge in [-0.3, -0.25) is 4.79 Å². The van der Waals surface area contributed by atoms with Gasteiger partial charge in [-0.25, -0.2) is 14.2 Å². The Balaban J connectivity index is 1.59. The first kappa shape index (κ1) is 24.5. The maximum atomic E-state index is 13.1. The van der Waals surface area contributed by atoms with Gasteiger partial charge in [-0.2, -0.15) is 0 Å². The van der Waals surface area contributed by atoms with Gasteiger partial charge in [0.2, 0.25) is 5.91 Å². The molecule has 8 heteroatoms. The molecule has 6 nitrogen and oxygen atoms in total. The maximum absolute atomic E-state index is 13.1. The summed E-state index contributed by atoms with van der Waals surface area (Å²) in [5, 5.41) is 5.48. The number of allylic oxidation sites excluding steroid dienone is 1. The van der Waals surface area contributed by atoms with Crippen molar-refractivity contribution in [3.63, 3.8) is 0 Å². The van der Waals surface area contributed by atoms with Gasteiger partial charge in [0, 0.05) is 12.2 Å². The average Bonchev–Trinajstić information content (AvgIpc) is 3.23. The number of thioether (sulfide) groups is 1. The second-order valence-corrected chi connectivity index (χ2v) is 9.11. The van der Waals surface area contributed by atoms with E-state index in [1.165, 1.54) is 30.0 Å². The van der Waals surface area contributed by atoms with Crippen molar-refractivity contribution in [1.82, 2.24) is 10.2 Å². The monoisotopic (exact) mass is 491 g/mol. The van der Waals surface area contributed by atoms with E-state index in [-0.39, 0.29) is 24.8 Å². The number of carbonyl (C=O) groups is 2. The number of nitrogens with zero attached hydrogens (tertiary/aromatic N) is 2. The van der Waals surface area contributed by atoms with Crippen LogP contribution in [0.1, 0.15) is 36.1 Å². The van der Waals surface area contributed by atoms with Crippen LogP contribution in [0.5, 0.6) is 0 Å². The summed E-state index contributed by atoms with van der Waals surface area (Å²) in [5.74, 6) is -0.973. The van der Waals surface area contributed by atoms with Gasteiger partial charge in [0.15, 0.2) is 5.17 Å². The summed E-state index contributed by atoms with van der Waals surface area (Å²) < 4.78 is 18.5. The molecule has 0 aromatic heterocycles. The van der Waals surface area contributed by atoms with Gasteiger partial charge in [-0.1, -0.05) is 66.4 Å². The Kier molecular flexibility index (Phi) is 7.51. The van der Waals surface area contributed by atoms with Crippen molar-refractivity contribution >= 4 is 28.8 Å². The van der Waals surface area contributed by atoms with Crippen LogP contribution in [-0.4, -0.2) is 28.6 Å². The minimum atomic E-state index is -0.481.